The third kappa shape index (κ3) is 2.33. The summed E-state index contributed by atoms with van der Waals surface area (Å²) in [6.07, 6.45) is 4.38. The lowest BCUT2D eigenvalue weighted by Crippen LogP contribution is -2.29. The summed E-state index contributed by atoms with van der Waals surface area (Å²) in [7, 11) is 0. The predicted molar refractivity (Wildman–Crippen MR) is 67.9 cm³/mol. The fourth-order valence-corrected chi connectivity index (χ4v) is 2.58. The van der Waals surface area contributed by atoms with Gasteiger partial charge in [0.15, 0.2) is 6.29 Å². The summed E-state index contributed by atoms with van der Waals surface area (Å²) < 4.78 is 0. The summed E-state index contributed by atoms with van der Waals surface area (Å²) in [5.74, 6) is 0. The number of carbonyl (C=O) groups is 1. The molecule has 1 aliphatic rings. The van der Waals surface area contributed by atoms with Crippen molar-refractivity contribution in [1.82, 2.24) is 0 Å². The number of hydrogen-bond acceptors (Lipinski definition) is 2. The minimum atomic E-state index is 0.379. The molecular formula is C12H13Cl2NO. The molecule has 86 valence electrons. The van der Waals surface area contributed by atoms with Crippen LogP contribution in [0.15, 0.2) is 12.1 Å². The van der Waals surface area contributed by atoms with E-state index in [2.05, 4.69) is 4.90 Å². The molecule has 1 saturated heterocycles. The summed E-state index contributed by atoms with van der Waals surface area (Å²) in [6.45, 7) is 2.07. The fourth-order valence-electron chi connectivity index (χ4n) is 2.02. The normalized spacial score (nSPS) is 16.2. The Hall–Kier alpha value is -0.730. The Morgan fingerprint density at radius 2 is 1.62 bits per heavy atom. The van der Waals surface area contributed by atoms with Gasteiger partial charge in [0.2, 0.25) is 0 Å². The molecule has 0 bridgehead atoms. The van der Waals surface area contributed by atoms with Crippen LogP contribution < -0.4 is 4.90 Å². The topological polar surface area (TPSA) is 20.3 Å². The van der Waals surface area contributed by atoms with Gasteiger partial charge >= 0.3 is 0 Å². The first-order valence-corrected chi connectivity index (χ1v) is 6.17. The van der Waals surface area contributed by atoms with E-state index < -0.39 is 0 Å². The van der Waals surface area contributed by atoms with E-state index in [1.807, 2.05) is 12.1 Å². The van der Waals surface area contributed by atoms with Crippen LogP contribution in [-0.4, -0.2) is 19.4 Å². The van der Waals surface area contributed by atoms with Gasteiger partial charge in [-0.25, -0.2) is 0 Å². The molecule has 0 aliphatic carbocycles. The summed E-state index contributed by atoms with van der Waals surface area (Å²) in [6, 6.07) is 3.64. The molecule has 16 heavy (non-hydrogen) atoms. The summed E-state index contributed by atoms with van der Waals surface area (Å²) in [5, 5.41) is 0.867. The first-order chi connectivity index (χ1) is 7.72. The number of hydrogen-bond donors (Lipinski definition) is 0. The lowest BCUT2D eigenvalue weighted by Gasteiger charge is -2.29. The van der Waals surface area contributed by atoms with E-state index in [1.54, 1.807) is 0 Å². The number of halogens is 2. The molecular weight excluding hydrogens is 245 g/mol. The van der Waals surface area contributed by atoms with Crippen LogP contribution in [0.25, 0.3) is 0 Å². The van der Waals surface area contributed by atoms with Gasteiger partial charge in [0.05, 0.1) is 15.6 Å². The van der Waals surface area contributed by atoms with E-state index in [-0.39, 0.29) is 0 Å². The van der Waals surface area contributed by atoms with Gasteiger partial charge < -0.3 is 4.90 Å². The van der Waals surface area contributed by atoms with Crippen molar-refractivity contribution in [2.45, 2.75) is 19.3 Å². The molecule has 0 atom stereocenters. The van der Waals surface area contributed by atoms with Crippen molar-refractivity contribution < 1.29 is 4.79 Å². The number of carbonyl (C=O) groups excluding carboxylic acids is 1. The highest BCUT2D eigenvalue weighted by Gasteiger charge is 2.14. The highest BCUT2D eigenvalue weighted by molar-refractivity contribution is 6.38. The van der Waals surface area contributed by atoms with E-state index in [1.165, 1.54) is 19.3 Å². The van der Waals surface area contributed by atoms with Crippen LogP contribution >= 0.6 is 23.2 Å². The maximum absolute atomic E-state index is 10.8. The minimum Gasteiger partial charge on any atom is -0.371 e. The largest absolute Gasteiger partial charge is 0.371 e. The molecule has 2 nitrogen and oxygen atoms in total. The summed E-state index contributed by atoms with van der Waals surface area (Å²) >= 11 is 12.0. The van der Waals surface area contributed by atoms with Crippen molar-refractivity contribution in [3.63, 3.8) is 0 Å². The van der Waals surface area contributed by atoms with E-state index in [4.69, 9.17) is 23.2 Å². The standard InChI is InChI=1S/C12H13Cl2NO/c13-11-6-9(7-12(14)10(11)8-16)15-4-2-1-3-5-15/h6-8H,1-5H2. The van der Waals surface area contributed by atoms with Gasteiger partial charge in [-0.3, -0.25) is 4.79 Å². The number of rotatable bonds is 2. The quantitative estimate of drug-likeness (QED) is 0.752. The van der Waals surface area contributed by atoms with Crippen molar-refractivity contribution in [3.05, 3.63) is 27.7 Å². The molecule has 1 fully saturated rings. The van der Waals surface area contributed by atoms with Crippen LogP contribution in [0, 0.1) is 0 Å². The molecule has 0 saturated carbocycles. The second kappa shape index (κ2) is 5.07. The van der Waals surface area contributed by atoms with Gasteiger partial charge in [-0.1, -0.05) is 23.2 Å². The Morgan fingerprint density at radius 1 is 1.06 bits per heavy atom. The number of nitrogens with zero attached hydrogens (tertiary/aromatic N) is 1. The van der Waals surface area contributed by atoms with Crippen LogP contribution in [0.3, 0.4) is 0 Å². The fraction of sp³-hybridized carbons (Fsp3) is 0.417. The molecule has 0 unspecified atom stereocenters. The third-order valence-corrected chi connectivity index (χ3v) is 3.53. The smallest absolute Gasteiger partial charge is 0.153 e. The zero-order valence-electron chi connectivity index (χ0n) is 8.88. The van der Waals surface area contributed by atoms with Crippen molar-refractivity contribution in [3.8, 4) is 0 Å². The molecule has 1 aromatic carbocycles. The van der Waals surface area contributed by atoms with E-state index in [0.29, 0.717) is 21.9 Å². The van der Waals surface area contributed by atoms with E-state index in [0.717, 1.165) is 18.8 Å². The average Bonchev–Trinajstić information content (AvgIpc) is 2.30. The van der Waals surface area contributed by atoms with Gasteiger partial charge in [0.25, 0.3) is 0 Å². The number of piperidine rings is 1. The van der Waals surface area contributed by atoms with Crippen molar-refractivity contribution in [2.24, 2.45) is 0 Å². The Bertz CT molecular complexity index is 377. The van der Waals surface area contributed by atoms with Crippen molar-refractivity contribution in [1.29, 1.82) is 0 Å². The maximum Gasteiger partial charge on any atom is 0.153 e. The highest BCUT2D eigenvalue weighted by Crippen LogP contribution is 2.30. The molecule has 4 heteroatoms. The number of benzene rings is 1. The van der Waals surface area contributed by atoms with Crippen LogP contribution in [0.2, 0.25) is 10.0 Å². The van der Waals surface area contributed by atoms with Crippen molar-refractivity contribution in [2.75, 3.05) is 18.0 Å². The second-order valence-electron chi connectivity index (χ2n) is 3.99. The second-order valence-corrected chi connectivity index (χ2v) is 4.80. The number of aldehydes is 1. The molecule has 1 aromatic rings. The molecule has 0 radical (unpaired) electrons. The number of anilines is 1. The molecule has 1 aliphatic heterocycles. The SMILES string of the molecule is O=Cc1c(Cl)cc(N2CCCCC2)cc1Cl. The van der Waals surface area contributed by atoms with E-state index >= 15 is 0 Å². The lowest BCUT2D eigenvalue weighted by atomic mass is 10.1. The van der Waals surface area contributed by atoms with Crippen LogP contribution in [0.5, 0.6) is 0 Å². The Balaban J connectivity index is 2.31. The third-order valence-electron chi connectivity index (χ3n) is 2.90. The Labute approximate surface area is 105 Å². The Morgan fingerprint density at radius 3 is 2.12 bits per heavy atom. The molecule has 0 N–H and O–H groups in total. The zero-order chi connectivity index (χ0) is 11.5. The molecule has 2 rings (SSSR count). The van der Waals surface area contributed by atoms with Crippen molar-refractivity contribution >= 4 is 35.2 Å². The monoisotopic (exact) mass is 257 g/mol. The first-order valence-electron chi connectivity index (χ1n) is 5.41. The summed E-state index contributed by atoms with van der Waals surface area (Å²) in [4.78, 5) is 13.0. The molecule has 0 amide bonds. The highest BCUT2D eigenvalue weighted by atomic mass is 35.5. The Kier molecular flexibility index (Phi) is 3.72. The van der Waals surface area contributed by atoms with Gasteiger partial charge in [-0.15, -0.1) is 0 Å². The first kappa shape index (κ1) is 11.7. The summed E-state index contributed by atoms with van der Waals surface area (Å²) in [5.41, 5.74) is 1.39. The van der Waals surface area contributed by atoms with Gasteiger partial charge in [0, 0.05) is 18.8 Å². The minimum absolute atomic E-state index is 0.379. The van der Waals surface area contributed by atoms with Crippen LogP contribution in [0.1, 0.15) is 29.6 Å². The molecule has 0 spiro atoms. The molecule has 1 heterocycles. The maximum atomic E-state index is 10.8. The molecule has 0 aromatic heterocycles. The average molecular weight is 258 g/mol. The van der Waals surface area contributed by atoms with E-state index in [9.17, 15) is 4.79 Å². The lowest BCUT2D eigenvalue weighted by molar-refractivity contribution is 0.112. The van der Waals surface area contributed by atoms with Gasteiger partial charge in [-0.05, 0) is 31.4 Å². The predicted octanol–water partition coefficient (Wildman–Crippen LogP) is 3.80. The van der Waals surface area contributed by atoms with Crippen LogP contribution in [-0.2, 0) is 0 Å². The van der Waals surface area contributed by atoms with Crippen LogP contribution in [0.4, 0.5) is 5.69 Å². The zero-order valence-corrected chi connectivity index (χ0v) is 10.4. The van der Waals surface area contributed by atoms with Gasteiger partial charge in [-0.2, -0.15) is 0 Å². The van der Waals surface area contributed by atoms with Gasteiger partial charge in [0.1, 0.15) is 0 Å².